The molecule has 3 heterocycles. The molecule has 3 aromatic rings. The first-order valence-electron chi connectivity index (χ1n) is 11.7. The summed E-state index contributed by atoms with van der Waals surface area (Å²) in [6.07, 6.45) is 5.48. The molecule has 1 saturated heterocycles. The molecule has 34 heavy (non-hydrogen) atoms. The Morgan fingerprint density at radius 3 is 2.76 bits per heavy atom. The SMILES string of the molecule is CCCNc1nccc(-c2sc(C3CCOCC3)nc2-c2cccc(NS(=O)CCC)c2Cl)n1. The third kappa shape index (κ3) is 5.94. The molecule has 1 unspecified atom stereocenters. The molecule has 10 heteroatoms. The van der Waals surface area contributed by atoms with Crippen LogP contribution in [-0.4, -0.2) is 44.7 Å². The van der Waals surface area contributed by atoms with Crippen molar-refractivity contribution < 1.29 is 8.95 Å². The van der Waals surface area contributed by atoms with Crippen molar-refractivity contribution in [2.75, 3.05) is 35.6 Å². The van der Waals surface area contributed by atoms with Crippen LogP contribution in [0.15, 0.2) is 30.5 Å². The Morgan fingerprint density at radius 1 is 1.18 bits per heavy atom. The number of nitrogens with zero attached hydrogens (tertiary/aromatic N) is 3. The van der Waals surface area contributed by atoms with Crippen molar-refractivity contribution in [2.24, 2.45) is 0 Å². The Morgan fingerprint density at radius 2 is 2.00 bits per heavy atom. The monoisotopic (exact) mass is 519 g/mol. The van der Waals surface area contributed by atoms with Crippen molar-refractivity contribution in [3.8, 4) is 21.8 Å². The number of halogens is 1. The third-order valence-corrected chi connectivity index (χ3v) is 8.38. The molecule has 1 fully saturated rings. The zero-order valence-electron chi connectivity index (χ0n) is 19.5. The van der Waals surface area contributed by atoms with Gasteiger partial charge in [-0.3, -0.25) is 0 Å². The molecule has 1 aromatic carbocycles. The van der Waals surface area contributed by atoms with E-state index in [1.807, 2.05) is 31.2 Å². The largest absolute Gasteiger partial charge is 0.381 e. The van der Waals surface area contributed by atoms with Crippen LogP contribution in [0, 0.1) is 0 Å². The van der Waals surface area contributed by atoms with Crippen molar-refractivity contribution in [3.05, 3.63) is 40.5 Å². The minimum absolute atomic E-state index is 0.350. The predicted octanol–water partition coefficient (Wildman–Crippen LogP) is 6.12. The lowest BCUT2D eigenvalue weighted by Gasteiger charge is -2.19. The molecule has 182 valence electrons. The summed E-state index contributed by atoms with van der Waals surface area (Å²) in [5, 5.41) is 4.84. The fourth-order valence-electron chi connectivity index (χ4n) is 3.77. The van der Waals surface area contributed by atoms with Crippen LogP contribution in [0.4, 0.5) is 11.6 Å². The number of thiazole rings is 1. The highest BCUT2D eigenvalue weighted by Crippen LogP contribution is 2.44. The minimum atomic E-state index is -1.19. The normalized spacial score (nSPS) is 15.3. The Labute approximate surface area is 212 Å². The molecule has 1 aliphatic heterocycles. The number of hydrogen-bond acceptors (Lipinski definition) is 7. The van der Waals surface area contributed by atoms with Gasteiger partial charge < -0.3 is 14.8 Å². The summed E-state index contributed by atoms with van der Waals surface area (Å²) in [6, 6.07) is 7.63. The van der Waals surface area contributed by atoms with Gasteiger partial charge in [0.2, 0.25) is 5.95 Å². The molecule has 0 saturated carbocycles. The molecular formula is C24H30ClN5O2S2. The van der Waals surface area contributed by atoms with E-state index >= 15 is 0 Å². The molecule has 1 aliphatic rings. The lowest BCUT2D eigenvalue weighted by Crippen LogP contribution is -2.13. The quantitative estimate of drug-likeness (QED) is 0.335. The number of rotatable bonds is 10. The van der Waals surface area contributed by atoms with Gasteiger partial charge in [0, 0.05) is 43.2 Å². The number of ether oxygens (including phenoxy) is 1. The summed E-state index contributed by atoms with van der Waals surface area (Å²) < 4.78 is 20.9. The number of nitrogens with one attached hydrogen (secondary N) is 2. The second-order valence-corrected chi connectivity index (χ2v) is 10.8. The lowest BCUT2D eigenvalue weighted by atomic mass is 10.0. The van der Waals surface area contributed by atoms with Crippen LogP contribution in [0.3, 0.4) is 0 Å². The van der Waals surface area contributed by atoms with E-state index in [1.54, 1.807) is 17.5 Å². The topological polar surface area (TPSA) is 89.0 Å². The second-order valence-electron chi connectivity index (χ2n) is 8.13. The highest BCUT2D eigenvalue weighted by molar-refractivity contribution is 7.86. The summed E-state index contributed by atoms with van der Waals surface area (Å²) in [4.78, 5) is 15.2. The summed E-state index contributed by atoms with van der Waals surface area (Å²) in [5.74, 6) is 1.51. The van der Waals surface area contributed by atoms with E-state index in [1.165, 1.54) is 0 Å². The van der Waals surface area contributed by atoms with Crippen LogP contribution in [-0.2, 0) is 15.7 Å². The molecule has 2 aromatic heterocycles. The van der Waals surface area contributed by atoms with Gasteiger partial charge >= 0.3 is 0 Å². The summed E-state index contributed by atoms with van der Waals surface area (Å²) in [6.45, 7) is 6.41. The highest BCUT2D eigenvalue weighted by Gasteiger charge is 2.25. The summed E-state index contributed by atoms with van der Waals surface area (Å²) >= 11 is 8.50. The fraction of sp³-hybridized carbons (Fsp3) is 0.458. The first-order chi connectivity index (χ1) is 16.6. The Balaban J connectivity index is 1.77. The average molecular weight is 520 g/mol. The van der Waals surface area contributed by atoms with Gasteiger partial charge in [0.25, 0.3) is 0 Å². The summed E-state index contributed by atoms with van der Waals surface area (Å²) in [7, 11) is -1.19. The molecule has 1 atom stereocenters. The van der Waals surface area contributed by atoms with Crippen LogP contribution in [0.25, 0.3) is 21.8 Å². The van der Waals surface area contributed by atoms with Gasteiger partial charge in [-0.1, -0.05) is 37.6 Å². The maximum atomic E-state index is 12.3. The standard InChI is InChI=1S/C24H30ClN5O2S2/c1-3-11-26-24-27-12-8-19(28-24)22-21(29-23(33-22)16-9-13-32-14-10-16)17-6-5-7-18(20(17)25)30-34(31)15-4-2/h5-8,12,16,30H,3-4,9-11,13-15H2,1-2H3,(H,26,27,28). The van der Waals surface area contributed by atoms with E-state index in [-0.39, 0.29) is 0 Å². The van der Waals surface area contributed by atoms with Crippen LogP contribution >= 0.6 is 22.9 Å². The van der Waals surface area contributed by atoms with E-state index in [0.717, 1.165) is 72.3 Å². The zero-order chi connectivity index (χ0) is 23.9. The molecule has 7 nitrogen and oxygen atoms in total. The van der Waals surface area contributed by atoms with Gasteiger partial charge in [0.05, 0.1) is 32.0 Å². The number of hydrogen-bond donors (Lipinski definition) is 2. The maximum Gasteiger partial charge on any atom is 0.223 e. The van der Waals surface area contributed by atoms with Crippen molar-refractivity contribution in [1.82, 2.24) is 15.0 Å². The Hall–Kier alpha value is -2.07. The first-order valence-corrected chi connectivity index (χ1v) is 14.2. The van der Waals surface area contributed by atoms with Crippen molar-refractivity contribution >= 4 is 45.6 Å². The third-order valence-electron chi connectivity index (χ3n) is 5.50. The average Bonchev–Trinajstić information content (AvgIpc) is 3.30. The van der Waals surface area contributed by atoms with Gasteiger partial charge in [-0.15, -0.1) is 11.3 Å². The number of benzene rings is 1. The van der Waals surface area contributed by atoms with Gasteiger partial charge in [0.15, 0.2) is 0 Å². The van der Waals surface area contributed by atoms with E-state index < -0.39 is 11.0 Å². The van der Waals surface area contributed by atoms with Gasteiger partial charge in [-0.2, -0.15) is 0 Å². The summed E-state index contributed by atoms with van der Waals surface area (Å²) in [5.41, 5.74) is 3.04. The number of anilines is 2. The molecule has 0 spiro atoms. The van der Waals surface area contributed by atoms with Crippen LogP contribution in [0.5, 0.6) is 0 Å². The van der Waals surface area contributed by atoms with Crippen LogP contribution in [0.2, 0.25) is 5.02 Å². The van der Waals surface area contributed by atoms with Crippen molar-refractivity contribution in [1.29, 1.82) is 0 Å². The Kier molecular flexibility index (Phi) is 8.88. The van der Waals surface area contributed by atoms with Gasteiger partial charge in [-0.05, 0) is 37.8 Å². The Bertz CT molecular complexity index is 1130. The first kappa shape index (κ1) is 25.0. The van der Waals surface area contributed by atoms with E-state index in [9.17, 15) is 4.21 Å². The van der Waals surface area contributed by atoms with Crippen LogP contribution in [0.1, 0.15) is 50.5 Å². The van der Waals surface area contributed by atoms with Crippen molar-refractivity contribution in [3.63, 3.8) is 0 Å². The van der Waals surface area contributed by atoms with E-state index in [0.29, 0.717) is 28.3 Å². The minimum Gasteiger partial charge on any atom is -0.381 e. The molecule has 2 N–H and O–H groups in total. The van der Waals surface area contributed by atoms with Crippen molar-refractivity contribution in [2.45, 2.75) is 45.4 Å². The smallest absolute Gasteiger partial charge is 0.223 e. The van der Waals surface area contributed by atoms with E-state index in [4.69, 9.17) is 26.3 Å². The fourth-order valence-corrected chi connectivity index (χ4v) is 6.20. The molecule has 0 bridgehead atoms. The second kappa shape index (κ2) is 12.1. The predicted molar refractivity (Wildman–Crippen MR) is 142 cm³/mol. The maximum absolute atomic E-state index is 12.3. The molecule has 4 rings (SSSR count). The highest BCUT2D eigenvalue weighted by atomic mass is 35.5. The van der Waals surface area contributed by atoms with E-state index in [2.05, 4.69) is 21.9 Å². The molecule has 0 amide bonds. The number of aromatic nitrogens is 3. The molecular weight excluding hydrogens is 490 g/mol. The molecule has 0 aliphatic carbocycles. The zero-order valence-corrected chi connectivity index (χ0v) is 21.9. The van der Waals surface area contributed by atoms with Crippen LogP contribution < -0.4 is 10.0 Å². The van der Waals surface area contributed by atoms with Gasteiger partial charge in [0.1, 0.15) is 11.0 Å². The molecule has 0 radical (unpaired) electrons. The lowest BCUT2D eigenvalue weighted by molar-refractivity contribution is 0.0853. The van der Waals surface area contributed by atoms with Gasteiger partial charge in [-0.25, -0.2) is 19.2 Å².